The summed E-state index contributed by atoms with van der Waals surface area (Å²) < 4.78 is 6.39. The summed E-state index contributed by atoms with van der Waals surface area (Å²) in [5.41, 5.74) is 4.27. The van der Waals surface area contributed by atoms with Crippen LogP contribution >= 0.6 is 22.9 Å². The molecule has 2 aromatic heterocycles. The van der Waals surface area contributed by atoms with E-state index in [1.165, 1.54) is 4.90 Å². The number of aryl methyl sites for hydroxylation is 1. The highest BCUT2D eigenvalue weighted by atomic mass is 35.5. The van der Waals surface area contributed by atoms with E-state index in [1.54, 1.807) is 35.7 Å². The Kier molecular flexibility index (Phi) is 17.5. The molecule has 0 bridgehead atoms. The number of halogens is 1. The molecule has 1 aliphatic carbocycles. The molecule has 4 atom stereocenters. The molecular formula is C57H76ClN11O6S. The number of nitriles is 1. The van der Waals surface area contributed by atoms with Crippen LogP contribution in [0.2, 0.25) is 5.02 Å². The highest BCUT2D eigenvalue weighted by Crippen LogP contribution is 2.55. The number of ether oxygens (including phenoxy) is 1. The van der Waals surface area contributed by atoms with Gasteiger partial charge in [0.25, 0.3) is 5.91 Å². The van der Waals surface area contributed by atoms with Gasteiger partial charge in [0.2, 0.25) is 17.7 Å². The Morgan fingerprint density at radius 3 is 2.12 bits per heavy atom. The van der Waals surface area contributed by atoms with Crippen molar-refractivity contribution in [2.75, 3.05) is 83.4 Å². The number of benzene rings is 2. The van der Waals surface area contributed by atoms with Crippen molar-refractivity contribution in [2.45, 2.75) is 112 Å². The van der Waals surface area contributed by atoms with Gasteiger partial charge >= 0.3 is 0 Å². The second-order valence-corrected chi connectivity index (χ2v) is 24.6. The minimum absolute atomic E-state index is 0.0171. The smallest absolute Gasteiger partial charge is 0.253 e. The van der Waals surface area contributed by atoms with Gasteiger partial charge in [-0.05, 0) is 74.2 Å². The van der Waals surface area contributed by atoms with Crippen LogP contribution in [0, 0.1) is 34.5 Å². The van der Waals surface area contributed by atoms with E-state index in [0.717, 1.165) is 99.4 Å². The molecule has 0 spiro atoms. The SMILES string of the molecule is Cc1ncsc1-c1ccc([C@H](C)NC(=O)[C@@H]2C[C@@H](O)CN2C(=O)[C@@H](NC(=O)CN2CCN(CCCN3CCN(c4ccc(C(=O)NC5C(C)(C)C(Oc6ccc(C#N)c(Cl)c6)C5(C)C)cn4)CC3)CC2)C(C)(C)C)cc1. The fraction of sp³-hybridized carbons (Fsp3) is 0.561. The van der Waals surface area contributed by atoms with Gasteiger partial charge in [0.05, 0.1) is 50.9 Å². The highest BCUT2D eigenvalue weighted by molar-refractivity contribution is 7.13. The minimum Gasteiger partial charge on any atom is -0.489 e. The average Bonchev–Trinajstić information content (AvgIpc) is 4.04. The number of piperazine rings is 2. The van der Waals surface area contributed by atoms with Crippen molar-refractivity contribution in [2.24, 2.45) is 16.2 Å². The molecule has 8 rings (SSSR count). The van der Waals surface area contributed by atoms with E-state index in [1.807, 2.05) is 76.5 Å². The van der Waals surface area contributed by atoms with E-state index in [2.05, 4.69) is 74.3 Å². The average molecular weight is 1080 g/mol. The summed E-state index contributed by atoms with van der Waals surface area (Å²) in [7, 11) is 0. The third-order valence-corrected chi connectivity index (χ3v) is 17.3. The number of carbonyl (C=O) groups is 4. The molecule has 4 aliphatic rings. The zero-order valence-corrected chi connectivity index (χ0v) is 47.1. The van der Waals surface area contributed by atoms with Gasteiger partial charge in [-0.1, -0.05) is 84.3 Å². The molecule has 19 heteroatoms. The summed E-state index contributed by atoms with van der Waals surface area (Å²) in [6.45, 7) is 26.8. The molecule has 0 radical (unpaired) electrons. The van der Waals surface area contributed by atoms with Crippen LogP contribution in [0.1, 0.15) is 101 Å². The fourth-order valence-electron chi connectivity index (χ4n) is 11.8. The van der Waals surface area contributed by atoms with E-state index >= 15 is 0 Å². The van der Waals surface area contributed by atoms with Crippen molar-refractivity contribution in [1.29, 1.82) is 5.26 Å². The van der Waals surface area contributed by atoms with Gasteiger partial charge in [-0.3, -0.25) is 29.0 Å². The van der Waals surface area contributed by atoms with Gasteiger partial charge in [-0.15, -0.1) is 11.3 Å². The van der Waals surface area contributed by atoms with Crippen molar-refractivity contribution in [1.82, 2.24) is 45.5 Å². The summed E-state index contributed by atoms with van der Waals surface area (Å²) in [6.07, 6.45) is 1.76. The molecule has 1 saturated carbocycles. The van der Waals surface area contributed by atoms with E-state index in [4.69, 9.17) is 21.3 Å². The van der Waals surface area contributed by atoms with Crippen LogP contribution in [0.5, 0.6) is 5.75 Å². The Balaban J connectivity index is 0.728. The maximum absolute atomic E-state index is 14.3. The molecule has 4 amide bonds. The van der Waals surface area contributed by atoms with Crippen molar-refractivity contribution in [3.8, 4) is 22.3 Å². The van der Waals surface area contributed by atoms with Crippen LogP contribution < -0.4 is 25.6 Å². The molecule has 17 nitrogen and oxygen atoms in total. The number of nitrogens with one attached hydrogen (secondary N) is 3. The van der Waals surface area contributed by atoms with Crippen LogP contribution in [0.15, 0.2) is 66.3 Å². The third-order valence-electron chi connectivity index (χ3n) is 16.0. The Hall–Kier alpha value is -5.68. The Bertz CT molecular complexity index is 2730. The number of aliphatic hydroxyl groups excluding tert-OH is 1. The molecule has 0 unspecified atom stereocenters. The van der Waals surface area contributed by atoms with Crippen LogP contribution in [0.25, 0.3) is 10.4 Å². The summed E-state index contributed by atoms with van der Waals surface area (Å²) in [6, 6.07) is 16.7. The fourth-order valence-corrected chi connectivity index (χ4v) is 12.9. The van der Waals surface area contributed by atoms with Gasteiger partial charge in [0.1, 0.15) is 35.8 Å². The summed E-state index contributed by atoms with van der Waals surface area (Å²) in [4.78, 5) is 76.1. The molecule has 3 saturated heterocycles. The number of hydrogen-bond donors (Lipinski definition) is 4. The second-order valence-electron chi connectivity index (χ2n) is 23.4. The monoisotopic (exact) mass is 1080 g/mol. The van der Waals surface area contributed by atoms with Crippen molar-refractivity contribution in [3.63, 3.8) is 0 Å². The maximum atomic E-state index is 14.3. The first-order chi connectivity index (χ1) is 36.0. The predicted octanol–water partition coefficient (Wildman–Crippen LogP) is 6.15. The van der Waals surface area contributed by atoms with Crippen LogP contribution in [-0.4, -0.2) is 167 Å². The second kappa shape index (κ2) is 23.5. The van der Waals surface area contributed by atoms with E-state index < -0.39 is 23.6 Å². The Labute approximate surface area is 457 Å². The van der Waals surface area contributed by atoms with E-state index in [9.17, 15) is 29.5 Å². The number of aliphatic hydroxyl groups is 1. The lowest BCUT2D eigenvalue weighted by Crippen LogP contribution is -2.74. The molecule has 2 aromatic carbocycles. The quantitative estimate of drug-likeness (QED) is 0.0940. The molecule has 76 heavy (non-hydrogen) atoms. The topological polar surface area (TPSA) is 200 Å². The van der Waals surface area contributed by atoms with Crippen molar-refractivity contribution >= 4 is 52.4 Å². The lowest BCUT2D eigenvalue weighted by Gasteiger charge is -2.63. The number of likely N-dealkylation sites (tertiary alicyclic amines) is 1. The number of β-amino-alcohol motifs (C(OH)–C–C–N with tert-alkyl or cyclic N) is 1. The number of nitrogens with zero attached hydrogens (tertiary/aromatic N) is 8. The first-order valence-corrected chi connectivity index (χ1v) is 27.9. The summed E-state index contributed by atoms with van der Waals surface area (Å²) in [5, 5.41) is 29.7. The maximum Gasteiger partial charge on any atom is 0.253 e. The van der Waals surface area contributed by atoms with Crippen molar-refractivity contribution in [3.05, 3.63) is 93.7 Å². The third kappa shape index (κ3) is 12.8. The lowest BCUT2D eigenvalue weighted by atomic mass is 9.49. The summed E-state index contributed by atoms with van der Waals surface area (Å²) >= 11 is 7.85. The zero-order valence-electron chi connectivity index (χ0n) is 45.6. The molecule has 4 aromatic rings. The number of carbonyl (C=O) groups excluding carboxylic acids is 4. The number of pyridine rings is 1. The zero-order chi connectivity index (χ0) is 54.7. The number of rotatable bonds is 17. The van der Waals surface area contributed by atoms with Crippen molar-refractivity contribution < 1.29 is 29.0 Å². The minimum atomic E-state index is -0.890. The van der Waals surface area contributed by atoms with Crippen LogP contribution in [0.4, 0.5) is 5.82 Å². The standard InChI is InChI=1S/C57H76ClN11O6S/c1-36(38-11-13-39(14-12-38)48-37(2)61-35-76-48)62-51(73)45-29-42(70)33-69(45)52(74)49(55(3,4)5)63-47(71)34-67-23-21-65(22-24-67)19-10-20-66-25-27-68(28-26-66)46-18-16-41(32-60-46)50(72)64-53-56(6,7)54(57(53,8)9)75-43-17-15-40(31-59)44(58)30-43/h11-18,30,32,35-36,42,45,49,53-54,70H,10,19-29,33-34H2,1-9H3,(H,62,73)(H,63,71)(H,64,72)/t36-,42+,45-,49+,53?,54?/m0/s1. The number of amides is 4. The van der Waals surface area contributed by atoms with Gasteiger partial charge in [0, 0.05) is 94.5 Å². The van der Waals surface area contributed by atoms with Gasteiger partial charge in [-0.2, -0.15) is 5.26 Å². The lowest BCUT2D eigenvalue weighted by molar-refractivity contribution is -0.164. The predicted molar refractivity (Wildman–Crippen MR) is 296 cm³/mol. The number of anilines is 1. The van der Waals surface area contributed by atoms with E-state index in [-0.39, 0.29) is 72.2 Å². The molecule has 4 fully saturated rings. The largest absolute Gasteiger partial charge is 0.489 e. The van der Waals surface area contributed by atoms with Gasteiger partial charge < -0.3 is 40.5 Å². The van der Waals surface area contributed by atoms with Crippen LogP contribution in [0.3, 0.4) is 0 Å². The highest BCUT2D eigenvalue weighted by Gasteiger charge is 2.64. The molecule has 408 valence electrons. The van der Waals surface area contributed by atoms with E-state index in [0.29, 0.717) is 21.9 Å². The first kappa shape index (κ1) is 56.5. The molecule has 3 aliphatic heterocycles. The number of aromatic nitrogens is 2. The first-order valence-electron chi connectivity index (χ1n) is 26.7. The molecule has 4 N–H and O–H groups in total. The van der Waals surface area contributed by atoms with Gasteiger partial charge in [0.15, 0.2) is 0 Å². The summed E-state index contributed by atoms with van der Waals surface area (Å²) in [5.74, 6) is 0.317. The Morgan fingerprint density at radius 2 is 1.54 bits per heavy atom. The Morgan fingerprint density at radius 1 is 0.895 bits per heavy atom. The van der Waals surface area contributed by atoms with Gasteiger partial charge in [-0.25, -0.2) is 9.97 Å². The van der Waals surface area contributed by atoms with Crippen LogP contribution in [-0.2, 0) is 14.4 Å². The number of hydrogen-bond acceptors (Lipinski definition) is 14. The molecule has 5 heterocycles. The molecular weight excluding hydrogens is 1000 g/mol. The number of thiazole rings is 1. The normalized spacial score (nSPS) is 22.7.